The largest absolute Gasteiger partial charge is 0.497 e. The van der Waals surface area contributed by atoms with Crippen molar-refractivity contribution < 1.29 is 14.3 Å². The first-order chi connectivity index (χ1) is 14.2. The highest BCUT2D eigenvalue weighted by atomic mass is 127. The van der Waals surface area contributed by atoms with Gasteiger partial charge in [-0.05, 0) is 63.9 Å². The number of guanidine groups is 1. The third-order valence-corrected chi connectivity index (χ3v) is 5.00. The zero-order chi connectivity index (χ0) is 20.9. The summed E-state index contributed by atoms with van der Waals surface area (Å²) in [6, 6.07) is 8.55. The molecule has 0 aromatic heterocycles. The Labute approximate surface area is 198 Å². The minimum Gasteiger partial charge on any atom is -0.497 e. The SMILES string of the molecule is CCNC(=NCC(c1ccc(OC)cc1)N1CCCC1)NCCCC(=O)OCC.I. The Bertz CT molecular complexity index is 634. The first-order valence-electron chi connectivity index (χ1n) is 10.7. The van der Waals surface area contributed by atoms with Crippen LogP contribution >= 0.6 is 24.0 Å². The number of nitrogens with zero attached hydrogens (tertiary/aromatic N) is 2. The first-order valence-corrected chi connectivity index (χ1v) is 10.7. The number of carbonyl (C=O) groups is 1. The normalized spacial score (nSPS) is 15.2. The van der Waals surface area contributed by atoms with Gasteiger partial charge in [0, 0.05) is 19.5 Å². The predicted molar refractivity (Wildman–Crippen MR) is 132 cm³/mol. The van der Waals surface area contributed by atoms with Crippen molar-refractivity contribution in [3.8, 4) is 5.75 Å². The van der Waals surface area contributed by atoms with Gasteiger partial charge in [-0.1, -0.05) is 12.1 Å². The Hall–Kier alpha value is -1.55. The van der Waals surface area contributed by atoms with Gasteiger partial charge in [0.15, 0.2) is 5.96 Å². The van der Waals surface area contributed by atoms with E-state index < -0.39 is 0 Å². The van der Waals surface area contributed by atoms with Crippen LogP contribution in [-0.4, -0.2) is 63.3 Å². The van der Waals surface area contributed by atoms with E-state index in [2.05, 4.69) is 34.6 Å². The molecule has 1 aromatic rings. The quantitative estimate of drug-likeness (QED) is 0.150. The Morgan fingerprint density at radius 2 is 1.87 bits per heavy atom. The fraction of sp³-hybridized carbons (Fsp3) is 0.636. The zero-order valence-corrected chi connectivity index (χ0v) is 20.8. The lowest BCUT2D eigenvalue weighted by Gasteiger charge is -2.27. The summed E-state index contributed by atoms with van der Waals surface area (Å²) in [5.74, 6) is 1.51. The van der Waals surface area contributed by atoms with Crippen LogP contribution in [0, 0.1) is 0 Å². The molecule has 0 bridgehead atoms. The third-order valence-electron chi connectivity index (χ3n) is 5.00. The van der Waals surface area contributed by atoms with Crippen molar-refractivity contribution in [3.05, 3.63) is 29.8 Å². The fourth-order valence-electron chi connectivity index (χ4n) is 3.50. The van der Waals surface area contributed by atoms with Crippen LogP contribution in [-0.2, 0) is 9.53 Å². The maximum absolute atomic E-state index is 11.5. The lowest BCUT2D eigenvalue weighted by molar-refractivity contribution is -0.143. The number of nitrogens with one attached hydrogen (secondary N) is 2. The van der Waals surface area contributed by atoms with Gasteiger partial charge < -0.3 is 20.1 Å². The van der Waals surface area contributed by atoms with Crippen LogP contribution in [0.4, 0.5) is 0 Å². The van der Waals surface area contributed by atoms with Gasteiger partial charge in [0.1, 0.15) is 5.75 Å². The van der Waals surface area contributed by atoms with Crippen molar-refractivity contribution in [2.45, 2.75) is 45.6 Å². The van der Waals surface area contributed by atoms with E-state index in [-0.39, 0.29) is 36.0 Å². The zero-order valence-electron chi connectivity index (χ0n) is 18.5. The highest BCUT2D eigenvalue weighted by Crippen LogP contribution is 2.27. The van der Waals surface area contributed by atoms with Gasteiger partial charge in [0.2, 0.25) is 0 Å². The van der Waals surface area contributed by atoms with Crippen LogP contribution in [0.15, 0.2) is 29.3 Å². The van der Waals surface area contributed by atoms with Gasteiger partial charge in [0.05, 0.1) is 26.3 Å². The van der Waals surface area contributed by atoms with Crippen molar-refractivity contribution in [2.75, 3.05) is 46.4 Å². The monoisotopic (exact) mass is 532 g/mol. The second-order valence-electron chi connectivity index (χ2n) is 7.09. The summed E-state index contributed by atoms with van der Waals surface area (Å²) < 4.78 is 10.3. The number of aliphatic imine (C=N–C) groups is 1. The van der Waals surface area contributed by atoms with E-state index in [1.807, 2.05) is 19.1 Å². The Morgan fingerprint density at radius 3 is 2.47 bits per heavy atom. The molecule has 1 atom stereocenters. The lowest BCUT2D eigenvalue weighted by Crippen LogP contribution is -2.39. The molecule has 1 aromatic carbocycles. The van der Waals surface area contributed by atoms with Gasteiger partial charge in [-0.25, -0.2) is 0 Å². The minimum absolute atomic E-state index is 0. The van der Waals surface area contributed by atoms with Crippen molar-refractivity contribution >= 4 is 35.9 Å². The number of likely N-dealkylation sites (tertiary alicyclic amines) is 1. The van der Waals surface area contributed by atoms with Crippen molar-refractivity contribution in [1.82, 2.24) is 15.5 Å². The maximum Gasteiger partial charge on any atom is 0.305 e. The molecule has 1 saturated heterocycles. The van der Waals surface area contributed by atoms with Crippen LogP contribution < -0.4 is 15.4 Å². The Balaban J connectivity index is 0.00000450. The highest BCUT2D eigenvalue weighted by Gasteiger charge is 2.23. The van der Waals surface area contributed by atoms with E-state index in [0.29, 0.717) is 26.1 Å². The molecule has 1 fully saturated rings. The summed E-state index contributed by atoms with van der Waals surface area (Å²) in [7, 11) is 1.69. The van der Waals surface area contributed by atoms with Crippen LogP contribution in [0.1, 0.15) is 51.1 Å². The molecule has 0 amide bonds. The summed E-state index contributed by atoms with van der Waals surface area (Å²) in [4.78, 5) is 18.8. The van der Waals surface area contributed by atoms with E-state index in [4.69, 9.17) is 14.5 Å². The number of methoxy groups -OCH3 is 1. The molecule has 7 nitrogen and oxygen atoms in total. The minimum atomic E-state index is -0.148. The van der Waals surface area contributed by atoms with Gasteiger partial charge in [-0.2, -0.15) is 0 Å². The first kappa shape index (κ1) is 26.5. The molecule has 1 heterocycles. The second kappa shape index (κ2) is 15.3. The van der Waals surface area contributed by atoms with E-state index in [9.17, 15) is 4.79 Å². The maximum atomic E-state index is 11.5. The van der Waals surface area contributed by atoms with Crippen molar-refractivity contribution in [3.63, 3.8) is 0 Å². The molecule has 30 heavy (non-hydrogen) atoms. The van der Waals surface area contributed by atoms with Gasteiger partial charge >= 0.3 is 5.97 Å². The topological polar surface area (TPSA) is 75.2 Å². The number of rotatable bonds is 11. The highest BCUT2D eigenvalue weighted by molar-refractivity contribution is 14.0. The van der Waals surface area contributed by atoms with Gasteiger partial charge in [-0.15, -0.1) is 24.0 Å². The Morgan fingerprint density at radius 1 is 1.17 bits per heavy atom. The molecule has 170 valence electrons. The van der Waals surface area contributed by atoms with Crippen molar-refractivity contribution in [1.29, 1.82) is 0 Å². The van der Waals surface area contributed by atoms with E-state index in [0.717, 1.165) is 37.8 Å². The van der Waals surface area contributed by atoms with Gasteiger partial charge in [0.25, 0.3) is 0 Å². The number of carbonyl (C=O) groups excluding carboxylic acids is 1. The van der Waals surface area contributed by atoms with E-state index in [1.165, 1.54) is 18.4 Å². The molecule has 1 aliphatic heterocycles. The number of benzene rings is 1. The van der Waals surface area contributed by atoms with Gasteiger partial charge in [-0.3, -0.25) is 14.7 Å². The number of hydrogen-bond donors (Lipinski definition) is 2. The average Bonchev–Trinajstić information content (AvgIpc) is 3.26. The van der Waals surface area contributed by atoms with E-state index in [1.54, 1.807) is 7.11 Å². The van der Waals surface area contributed by atoms with Crippen molar-refractivity contribution in [2.24, 2.45) is 4.99 Å². The summed E-state index contributed by atoms with van der Waals surface area (Å²) in [5, 5.41) is 6.62. The molecule has 0 saturated carbocycles. The number of ether oxygens (including phenoxy) is 2. The predicted octanol–water partition coefficient (Wildman–Crippen LogP) is 3.35. The molecular formula is C22H37IN4O3. The smallest absolute Gasteiger partial charge is 0.305 e. The molecule has 0 aliphatic carbocycles. The summed E-state index contributed by atoms with van der Waals surface area (Å²) in [5.41, 5.74) is 1.26. The molecule has 2 N–H and O–H groups in total. The van der Waals surface area contributed by atoms with Crippen LogP contribution in [0.3, 0.4) is 0 Å². The number of halogens is 1. The summed E-state index contributed by atoms with van der Waals surface area (Å²) >= 11 is 0. The lowest BCUT2D eigenvalue weighted by atomic mass is 10.1. The summed E-state index contributed by atoms with van der Waals surface area (Å²) in [6.07, 6.45) is 3.62. The van der Waals surface area contributed by atoms with Crippen LogP contribution in [0.2, 0.25) is 0 Å². The second-order valence-corrected chi connectivity index (χ2v) is 7.09. The molecule has 0 spiro atoms. The number of hydrogen-bond acceptors (Lipinski definition) is 5. The molecule has 2 rings (SSSR count). The Kier molecular flexibility index (Phi) is 13.5. The molecular weight excluding hydrogens is 495 g/mol. The van der Waals surface area contributed by atoms with Crippen LogP contribution in [0.5, 0.6) is 5.75 Å². The average molecular weight is 532 g/mol. The third kappa shape index (κ3) is 9.07. The van der Waals surface area contributed by atoms with E-state index >= 15 is 0 Å². The fourth-order valence-corrected chi connectivity index (χ4v) is 3.50. The molecule has 1 unspecified atom stereocenters. The molecule has 0 radical (unpaired) electrons. The standard InChI is InChI=1S/C22H36N4O3.HI/c1-4-23-22(24-14-8-9-21(27)29-5-2)25-17-20(26-15-6-7-16-26)18-10-12-19(28-3)13-11-18;/h10-13,20H,4-9,14-17H2,1-3H3,(H2,23,24,25);1H. The molecule has 1 aliphatic rings. The molecule has 8 heteroatoms. The summed E-state index contributed by atoms with van der Waals surface area (Å²) in [6.45, 7) is 8.68. The van der Waals surface area contributed by atoms with Crippen LogP contribution in [0.25, 0.3) is 0 Å². The number of esters is 1.